The molecule has 154 valence electrons. The van der Waals surface area contributed by atoms with E-state index in [0.717, 1.165) is 47.6 Å². The number of aromatic amines is 1. The number of nitrogens with one attached hydrogen (secondary N) is 2. The first kappa shape index (κ1) is 19.9. The summed E-state index contributed by atoms with van der Waals surface area (Å²) in [6.45, 7) is 2.31. The molecule has 2 bridgehead atoms. The Balaban J connectivity index is 1.67. The summed E-state index contributed by atoms with van der Waals surface area (Å²) in [5.41, 5.74) is 2.85. The van der Waals surface area contributed by atoms with Crippen molar-refractivity contribution in [2.45, 2.75) is 25.5 Å². The number of fused-ring (bicyclic) bond motifs is 2. The molecule has 0 radical (unpaired) electrons. The van der Waals surface area contributed by atoms with Crippen molar-refractivity contribution in [2.75, 3.05) is 39.1 Å². The van der Waals surface area contributed by atoms with Gasteiger partial charge in [0.1, 0.15) is 24.4 Å². The normalized spacial score (nSPS) is 22.2. The quantitative estimate of drug-likeness (QED) is 0.686. The summed E-state index contributed by atoms with van der Waals surface area (Å²) < 4.78 is 5.84. The molecule has 0 spiro atoms. The van der Waals surface area contributed by atoms with Gasteiger partial charge in [0.05, 0.1) is 11.5 Å². The Morgan fingerprint density at radius 1 is 1.24 bits per heavy atom. The third-order valence-electron chi connectivity index (χ3n) is 5.29. The third-order valence-corrected chi connectivity index (χ3v) is 5.66. The fraction of sp³-hybridized carbons (Fsp3) is 0.450. The van der Waals surface area contributed by atoms with E-state index in [-0.39, 0.29) is 18.6 Å². The molecule has 4 rings (SSSR count). The zero-order valence-corrected chi connectivity index (χ0v) is 17.4. The molecule has 3 heterocycles. The maximum atomic E-state index is 12.4. The summed E-state index contributed by atoms with van der Waals surface area (Å²) in [5, 5.41) is 4.98. The first-order chi connectivity index (χ1) is 14.0. The molecule has 1 unspecified atom stereocenters. The number of likely N-dealkylation sites (N-methyl/N-ethyl adjacent to an activating group) is 1. The molecule has 2 aromatic heterocycles. The molecule has 29 heavy (non-hydrogen) atoms. The third kappa shape index (κ3) is 4.44. The number of amides is 1. The predicted octanol–water partition coefficient (Wildman–Crippen LogP) is 2.46. The van der Waals surface area contributed by atoms with Crippen molar-refractivity contribution in [3.63, 3.8) is 0 Å². The fourth-order valence-electron chi connectivity index (χ4n) is 3.64. The molecule has 2 N–H and O–H groups in total. The van der Waals surface area contributed by atoms with Crippen LogP contribution >= 0.6 is 11.6 Å². The zero-order chi connectivity index (χ0) is 20.4. The Labute approximate surface area is 174 Å². The van der Waals surface area contributed by atoms with Crippen LogP contribution in [0.3, 0.4) is 0 Å². The van der Waals surface area contributed by atoms with Crippen LogP contribution < -0.4 is 5.32 Å². The Hall–Kier alpha value is -2.42. The van der Waals surface area contributed by atoms with E-state index in [0.29, 0.717) is 18.0 Å². The summed E-state index contributed by atoms with van der Waals surface area (Å²) in [4.78, 5) is 28.4. The van der Waals surface area contributed by atoms with E-state index >= 15 is 0 Å². The maximum absolute atomic E-state index is 12.4. The number of rotatable bonds is 0. The number of carbonyl (C=O) groups excluding carboxylic acids is 1. The standard InChI is InChI=1S/C20H25ClN6O2/c1-26-6-3-7-27(2)17(28)11-29-16-8-14(4-5-15(16)21)25-20-18-13(10-26)9-22-19(18)23-12-24-20/h4-5,9,12,16H,3,6-8,10-11H2,1-2H3,(H2,22,23,24,25). The van der Waals surface area contributed by atoms with Gasteiger partial charge in [0, 0.05) is 43.5 Å². The van der Waals surface area contributed by atoms with Crippen LogP contribution in [0.4, 0.5) is 5.82 Å². The second kappa shape index (κ2) is 8.52. The minimum Gasteiger partial charge on any atom is -0.362 e. The topological polar surface area (TPSA) is 86.4 Å². The van der Waals surface area contributed by atoms with E-state index in [9.17, 15) is 4.79 Å². The zero-order valence-electron chi connectivity index (χ0n) is 16.6. The van der Waals surface area contributed by atoms with Crippen LogP contribution in [0, 0.1) is 0 Å². The lowest BCUT2D eigenvalue weighted by molar-refractivity contribution is -0.136. The van der Waals surface area contributed by atoms with E-state index < -0.39 is 0 Å². The monoisotopic (exact) mass is 416 g/mol. The van der Waals surface area contributed by atoms with E-state index in [1.165, 1.54) is 0 Å². The van der Waals surface area contributed by atoms with E-state index in [1.807, 2.05) is 19.3 Å². The Kier molecular flexibility index (Phi) is 5.84. The molecule has 8 nitrogen and oxygen atoms in total. The van der Waals surface area contributed by atoms with Gasteiger partial charge >= 0.3 is 0 Å². The van der Waals surface area contributed by atoms with Gasteiger partial charge in [-0.2, -0.15) is 0 Å². The lowest BCUT2D eigenvalue weighted by Crippen LogP contribution is -2.34. The van der Waals surface area contributed by atoms with Crippen molar-refractivity contribution in [3.05, 3.63) is 41.0 Å². The molecule has 1 amide bonds. The first-order valence-corrected chi connectivity index (χ1v) is 10.1. The van der Waals surface area contributed by atoms with Crippen LogP contribution in [0.2, 0.25) is 0 Å². The first-order valence-electron chi connectivity index (χ1n) is 9.69. The minimum absolute atomic E-state index is 0.00799. The summed E-state index contributed by atoms with van der Waals surface area (Å²) in [7, 11) is 3.88. The Morgan fingerprint density at radius 2 is 2.10 bits per heavy atom. The van der Waals surface area contributed by atoms with Crippen molar-refractivity contribution in [3.8, 4) is 0 Å². The SMILES string of the molecule is CN1CCCN(C)C(=O)COC2CC(=CC=C2Cl)Nc2ncnc3[nH]cc(c23)C1. The predicted molar refractivity (Wildman–Crippen MR) is 112 cm³/mol. The van der Waals surface area contributed by atoms with Gasteiger partial charge in [0.25, 0.3) is 0 Å². The van der Waals surface area contributed by atoms with Crippen molar-refractivity contribution >= 4 is 34.4 Å². The Morgan fingerprint density at radius 3 is 2.97 bits per heavy atom. The number of ether oxygens (including phenoxy) is 1. The molecule has 0 fully saturated rings. The molecule has 2 aliphatic rings. The highest BCUT2D eigenvalue weighted by Gasteiger charge is 2.23. The maximum Gasteiger partial charge on any atom is 0.248 e. The Bertz CT molecular complexity index is 969. The van der Waals surface area contributed by atoms with Crippen LogP contribution in [-0.4, -0.2) is 70.6 Å². The summed E-state index contributed by atoms with van der Waals surface area (Å²) in [6.07, 6.45) is 8.31. The number of hydrogen-bond acceptors (Lipinski definition) is 6. The van der Waals surface area contributed by atoms with Gasteiger partial charge in [-0.05, 0) is 37.7 Å². The van der Waals surface area contributed by atoms with Gasteiger partial charge in [-0.15, -0.1) is 0 Å². The molecular weight excluding hydrogens is 392 g/mol. The lowest BCUT2D eigenvalue weighted by Gasteiger charge is -2.25. The van der Waals surface area contributed by atoms with E-state index in [1.54, 1.807) is 17.3 Å². The second-order valence-corrected chi connectivity index (χ2v) is 7.98. The highest BCUT2D eigenvalue weighted by molar-refractivity contribution is 6.30. The number of halogens is 1. The smallest absolute Gasteiger partial charge is 0.248 e. The average Bonchev–Trinajstić information content (AvgIpc) is 3.11. The van der Waals surface area contributed by atoms with Crippen molar-refractivity contribution in [2.24, 2.45) is 0 Å². The number of carbonyl (C=O) groups is 1. The van der Waals surface area contributed by atoms with Gasteiger partial charge in [0.2, 0.25) is 5.91 Å². The molecule has 0 saturated carbocycles. The molecule has 1 aliphatic heterocycles. The van der Waals surface area contributed by atoms with Gasteiger partial charge in [0.15, 0.2) is 0 Å². The lowest BCUT2D eigenvalue weighted by atomic mass is 10.1. The van der Waals surface area contributed by atoms with Gasteiger partial charge < -0.3 is 24.8 Å². The molecule has 1 aliphatic carbocycles. The number of anilines is 1. The van der Waals surface area contributed by atoms with Crippen molar-refractivity contribution in [1.29, 1.82) is 0 Å². The summed E-state index contributed by atoms with van der Waals surface area (Å²) in [6, 6.07) is 0. The summed E-state index contributed by atoms with van der Waals surface area (Å²) in [5.74, 6) is 0.706. The van der Waals surface area contributed by atoms with Gasteiger partial charge in [-0.3, -0.25) is 4.79 Å². The summed E-state index contributed by atoms with van der Waals surface area (Å²) >= 11 is 6.33. The van der Waals surface area contributed by atoms with Crippen LogP contribution in [0.15, 0.2) is 35.4 Å². The molecule has 0 aromatic carbocycles. The van der Waals surface area contributed by atoms with Crippen molar-refractivity contribution < 1.29 is 9.53 Å². The largest absolute Gasteiger partial charge is 0.362 e. The molecule has 2 aromatic rings. The number of hydrogen-bond donors (Lipinski definition) is 2. The number of nitrogens with zero attached hydrogens (tertiary/aromatic N) is 4. The van der Waals surface area contributed by atoms with Crippen LogP contribution in [0.25, 0.3) is 11.0 Å². The number of aromatic nitrogens is 3. The molecule has 1 atom stereocenters. The van der Waals surface area contributed by atoms with E-state index in [4.69, 9.17) is 16.3 Å². The minimum atomic E-state index is -0.358. The molecule has 0 saturated heterocycles. The molecular formula is C20H25ClN6O2. The number of H-pyrrole nitrogens is 1. The average molecular weight is 417 g/mol. The van der Waals surface area contributed by atoms with Crippen LogP contribution in [-0.2, 0) is 16.1 Å². The van der Waals surface area contributed by atoms with E-state index in [2.05, 4.69) is 32.2 Å². The fourth-order valence-corrected chi connectivity index (χ4v) is 3.84. The number of allylic oxidation sites excluding steroid dienone is 2. The highest BCUT2D eigenvalue weighted by atomic mass is 35.5. The second-order valence-electron chi connectivity index (χ2n) is 7.54. The van der Waals surface area contributed by atoms with Crippen LogP contribution in [0.1, 0.15) is 18.4 Å². The van der Waals surface area contributed by atoms with Gasteiger partial charge in [-0.25, -0.2) is 9.97 Å². The van der Waals surface area contributed by atoms with Crippen LogP contribution in [0.5, 0.6) is 0 Å². The van der Waals surface area contributed by atoms with Gasteiger partial charge in [-0.1, -0.05) is 11.6 Å². The molecule has 9 heteroatoms. The van der Waals surface area contributed by atoms with Crippen molar-refractivity contribution in [1.82, 2.24) is 24.8 Å². The highest BCUT2D eigenvalue weighted by Crippen LogP contribution is 2.29.